The molecule has 0 aliphatic carbocycles. The lowest BCUT2D eigenvalue weighted by atomic mass is 10.0. The molecule has 0 fully saturated rings. The molecule has 0 saturated carbocycles. The largest absolute Gasteiger partial charge is 0.496 e. The summed E-state index contributed by atoms with van der Waals surface area (Å²) < 4.78 is 12.7. The lowest BCUT2D eigenvalue weighted by Gasteiger charge is -2.35. The maximum Gasteiger partial charge on any atom is 0.278 e. The summed E-state index contributed by atoms with van der Waals surface area (Å²) in [5.74, 6) is 1.08. The third-order valence-corrected chi connectivity index (χ3v) is 5.89. The summed E-state index contributed by atoms with van der Waals surface area (Å²) in [6.07, 6.45) is 1.05. The molecule has 6 nitrogen and oxygen atoms in total. The van der Waals surface area contributed by atoms with Gasteiger partial charge in [-0.1, -0.05) is 44.0 Å². The monoisotopic (exact) mass is 543 g/mol. The second-order valence-electron chi connectivity index (χ2n) is 6.76. The average Bonchev–Trinajstić information content (AvgIpc) is 2.78. The van der Waals surface area contributed by atoms with Crippen LogP contribution in [0.3, 0.4) is 0 Å². The third-order valence-electron chi connectivity index (χ3n) is 4.90. The molecule has 0 aromatic heterocycles. The molecular weight excluding hydrogens is 526 g/mol. The van der Waals surface area contributed by atoms with Crippen LogP contribution in [-0.2, 0) is 0 Å². The van der Waals surface area contributed by atoms with Crippen LogP contribution in [0.25, 0.3) is 0 Å². The molecule has 4 rings (SSSR count). The molecule has 1 amide bonds. The maximum atomic E-state index is 13.4. The first kappa shape index (κ1) is 21.4. The van der Waals surface area contributed by atoms with Crippen molar-refractivity contribution in [3.8, 4) is 11.5 Å². The van der Waals surface area contributed by atoms with Gasteiger partial charge in [-0.3, -0.25) is 4.79 Å². The van der Waals surface area contributed by atoms with E-state index in [1.54, 1.807) is 26.5 Å². The number of rotatable bonds is 5. The van der Waals surface area contributed by atoms with Crippen LogP contribution in [0, 0.1) is 0 Å². The van der Waals surface area contributed by atoms with Crippen LogP contribution >= 0.6 is 31.9 Å². The second kappa shape index (κ2) is 9.11. The minimum absolute atomic E-state index is 0.216. The number of anilines is 1. The summed E-state index contributed by atoms with van der Waals surface area (Å²) in [5.41, 5.74) is 2.80. The van der Waals surface area contributed by atoms with E-state index in [0.717, 1.165) is 25.8 Å². The molecular formula is C23H19Br2N3O3. The predicted molar refractivity (Wildman–Crippen MR) is 128 cm³/mol. The van der Waals surface area contributed by atoms with Gasteiger partial charge in [-0.25, -0.2) is 5.01 Å². The van der Waals surface area contributed by atoms with Crippen LogP contribution in [0.15, 0.2) is 74.7 Å². The first-order valence-electron chi connectivity index (χ1n) is 9.42. The van der Waals surface area contributed by atoms with Crippen LogP contribution in [0.5, 0.6) is 11.5 Å². The summed E-state index contributed by atoms with van der Waals surface area (Å²) >= 11 is 6.98. The van der Waals surface area contributed by atoms with E-state index in [0.29, 0.717) is 17.1 Å². The SMILES string of the molecule is COc1ccc(Br)cc1/C=N\N1C(=O)c2ccccc2N[C@@H]1c1cc(Br)ccc1OC. The highest BCUT2D eigenvalue weighted by molar-refractivity contribution is 9.10. The summed E-state index contributed by atoms with van der Waals surface area (Å²) in [7, 11) is 3.20. The number of nitrogens with zero attached hydrogens (tertiary/aromatic N) is 2. The standard InChI is InChI=1S/C23H19Br2N3O3/c1-30-20-9-7-15(24)11-14(20)13-26-28-22(18-12-16(25)8-10-21(18)31-2)27-19-6-4-3-5-17(19)23(28)29/h3-13,22,27H,1-2H3/b26-13-/t22-/m0/s1. The van der Waals surface area contributed by atoms with E-state index in [-0.39, 0.29) is 5.91 Å². The predicted octanol–water partition coefficient (Wildman–Crippen LogP) is 5.83. The van der Waals surface area contributed by atoms with Gasteiger partial charge >= 0.3 is 0 Å². The molecule has 1 aliphatic heterocycles. The van der Waals surface area contributed by atoms with Crippen molar-refractivity contribution in [1.29, 1.82) is 0 Å². The number of methoxy groups -OCH3 is 2. The van der Waals surface area contributed by atoms with Crippen molar-refractivity contribution in [3.63, 3.8) is 0 Å². The number of hydrazone groups is 1. The molecule has 1 heterocycles. The summed E-state index contributed by atoms with van der Waals surface area (Å²) in [6, 6.07) is 18.6. The molecule has 0 saturated heterocycles. The van der Waals surface area contributed by atoms with Crippen molar-refractivity contribution < 1.29 is 14.3 Å². The number of carbonyl (C=O) groups excluding carboxylic acids is 1. The Hall–Kier alpha value is -2.84. The van der Waals surface area contributed by atoms with Crippen molar-refractivity contribution in [2.45, 2.75) is 6.17 Å². The number of hydrogen-bond acceptors (Lipinski definition) is 5. The van der Waals surface area contributed by atoms with Gasteiger partial charge in [-0.15, -0.1) is 0 Å². The van der Waals surface area contributed by atoms with Crippen LogP contribution in [0.2, 0.25) is 0 Å². The van der Waals surface area contributed by atoms with Crippen LogP contribution in [0.1, 0.15) is 27.7 Å². The fraction of sp³-hybridized carbons (Fsp3) is 0.130. The normalized spacial score (nSPS) is 15.5. The van der Waals surface area contributed by atoms with Gasteiger partial charge in [0.25, 0.3) is 5.91 Å². The first-order chi connectivity index (χ1) is 15.0. The van der Waals surface area contributed by atoms with Gasteiger partial charge in [0.2, 0.25) is 0 Å². The quantitative estimate of drug-likeness (QED) is 0.410. The Kier molecular flexibility index (Phi) is 6.29. The summed E-state index contributed by atoms with van der Waals surface area (Å²) in [5, 5.41) is 9.42. The average molecular weight is 545 g/mol. The summed E-state index contributed by atoms with van der Waals surface area (Å²) in [4.78, 5) is 13.4. The molecule has 1 N–H and O–H groups in total. The van der Waals surface area contributed by atoms with Gasteiger partial charge in [0, 0.05) is 25.8 Å². The van der Waals surface area contributed by atoms with E-state index >= 15 is 0 Å². The Morgan fingerprint density at radius 1 is 0.968 bits per heavy atom. The van der Waals surface area contributed by atoms with E-state index in [9.17, 15) is 4.79 Å². The third kappa shape index (κ3) is 4.31. The van der Waals surface area contributed by atoms with E-state index < -0.39 is 6.17 Å². The van der Waals surface area contributed by atoms with Gasteiger partial charge < -0.3 is 14.8 Å². The highest BCUT2D eigenvalue weighted by atomic mass is 79.9. The molecule has 0 unspecified atom stereocenters. The van der Waals surface area contributed by atoms with Crippen LogP contribution in [-0.4, -0.2) is 31.4 Å². The first-order valence-corrected chi connectivity index (χ1v) is 11.0. The molecule has 0 spiro atoms. The number of benzene rings is 3. The molecule has 3 aromatic carbocycles. The van der Waals surface area contributed by atoms with E-state index in [2.05, 4.69) is 42.3 Å². The minimum atomic E-state index is -0.566. The molecule has 31 heavy (non-hydrogen) atoms. The van der Waals surface area contributed by atoms with Crippen LogP contribution in [0.4, 0.5) is 5.69 Å². The zero-order valence-electron chi connectivity index (χ0n) is 16.8. The van der Waals surface area contributed by atoms with Gasteiger partial charge in [0.05, 0.1) is 26.0 Å². The molecule has 0 bridgehead atoms. The lowest BCUT2D eigenvalue weighted by Crippen LogP contribution is -2.39. The number of fused-ring (bicyclic) bond motifs is 1. The molecule has 1 atom stereocenters. The Balaban J connectivity index is 1.82. The van der Waals surface area contributed by atoms with Crippen molar-refractivity contribution in [2.75, 3.05) is 19.5 Å². The van der Waals surface area contributed by atoms with Crippen molar-refractivity contribution >= 4 is 49.7 Å². The van der Waals surface area contributed by atoms with E-state index in [1.165, 1.54) is 5.01 Å². The molecule has 3 aromatic rings. The number of halogens is 2. The highest BCUT2D eigenvalue weighted by Crippen LogP contribution is 2.38. The number of nitrogens with one attached hydrogen (secondary N) is 1. The van der Waals surface area contributed by atoms with Gasteiger partial charge in [0.15, 0.2) is 6.17 Å². The Labute approximate surface area is 197 Å². The molecule has 0 radical (unpaired) electrons. The number of para-hydroxylation sites is 1. The second-order valence-corrected chi connectivity index (χ2v) is 8.59. The molecule has 1 aliphatic rings. The minimum Gasteiger partial charge on any atom is -0.496 e. The number of amides is 1. The molecule has 8 heteroatoms. The topological polar surface area (TPSA) is 63.2 Å². The maximum absolute atomic E-state index is 13.4. The Morgan fingerprint density at radius 2 is 1.65 bits per heavy atom. The van der Waals surface area contributed by atoms with Gasteiger partial charge in [0.1, 0.15) is 11.5 Å². The fourth-order valence-electron chi connectivity index (χ4n) is 3.42. The van der Waals surface area contributed by atoms with E-state index in [1.807, 2.05) is 54.6 Å². The highest BCUT2D eigenvalue weighted by Gasteiger charge is 2.34. The zero-order valence-corrected chi connectivity index (χ0v) is 20.0. The van der Waals surface area contributed by atoms with Crippen molar-refractivity contribution in [1.82, 2.24) is 5.01 Å². The van der Waals surface area contributed by atoms with Gasteiger partial charge in [-0.2, -0.15) is 5.10 Å². The smallest absolute Gasteiger partial charge is 0.278 e. The number of carbonyl (C=O) groups is 1. The molecule has 158 valence electrons. The lowest BCUT2D eigenvalue weighted by molar-refractivity contribution is 0.0689. The number of ether oxygens (including phenoxy) is 2. The van der Waals surface area contributed by atoms with Crippen molar-refractivity contribution in [3.05, 3.63) is 86.3 Å². The zero-order chi connectivity index (χ0) is 22.0. The van der Waals surface area contributed by atoms with E-state index in [4.69, 9.17) is 9.47 Å². The Morgan fingerprint density at radius 3 is 2.39 bits per heavy atom. The number of hydrogen-bond donors (Lipinski definition) is 1. The van der Waals surface area contributed by atoms with Crippen molar-refractivity contribution in [2.24, 2.45) is 5.10 Å². The van der Waals surface area contributed by atoms with Gasteiger partial charge in [-0.05, 0) is 48.5 Å². The fourth-order valence-corrected chi connectivity index (χ4v) is 4.18. The van der Waals surface area contributed by atoms with Crippen LogP contribution < -0.4 is 14.8 Å². The summed E-state index contributed by atoms with van der Waals surface area (Å²) in [6.45, 7) is 0. The Bertz CT molecular complexity index is 1170.